The molecular formula is C10H9F3N2O3S. The van der Waals surface area contributed by atoms with Crippen LogP contribution in [-0.2, 0) is 10.0 Å². The second-order valence-electron chi connectivity index (χ2n) is 3.24. The van der Waals surface area contributed by atoms with Crippen molar-refractivity contribution < 1.29 is 26.3 Å². The summed E-state index contributed by atoms with van der Waals surface area (Å²) >= 11 is 0. The molecule has 104 valence electrons. The van der Waals surface area contributed by atoms with Crippen LogP contribution < -0.4 is 9.46 Å². The van der Waals surface area contributed by atoms with Gasteiger partial charge in [0.15, 0.2) is 11.6 Å². The molecule has 1 N–H and O–H groups in total. The van der Waals surface area contributed by atoms with Crippen LogP contribution in [-0.4, -0.2) is 21.6 Å². The van der Waals surface area contributed by atoms with Crippen LogP contribution in [0.4, 0.5) is 13.2 Å². The fraction of sp³-hybridized carbons (Fsp3) is 0.300. The van der Waals surface area contributed by atoms with Crippen molar-refractivity contribution in [2.45, 2.75) is 18.4 Å². The standard InChI is InChI=1S/C10H9F3N2O3S/c1-2-15-19(16,17)8-4-3-7(18-10(12)13)9(11)6(8)5-14/h3-4,10,15H,2H2,1H3. The first-order chi connectivity index (χ1) is 8.83. The van der Waals surface area contributed by atoms with E-state index in [-0.39, 0.29) is 6.54 Å². The Morgan fingerprint density at radius 2 is 2.11 bits per heavy atom. The van der Waals surface area contributed by atoms with Gasteiger partial charge < -0.3 is 4.74 Å². The molecular weight excluding hydrogens is 285 g/mol. The highest BCUT2D eigenvalue weighted by molar-refractivity contribution is 7.89. The third-order valence-corrected chi connectivity index (χ3v) is 3.61. The lowest BCUT2D eigenvalue weighted by molar-refractivity contribution is -0.0522. The number of nitriles is 1. The minimum atomic E-state index is -4.08. The highest BCUT2D eigenvalue weighted by Crippen LogP contribution is 2.27. The van der Waals surface area contributed by atoms with Crippen molar-refractivity contribution in [1.82, 2.24) is 4.72 Å². The number of hydrogen-bond donors (Lipinski definition) is 1. The first-order valence-electron chi connectivity index (χ1n) is 5.00. The molecule has 0 heterocycles. The molecule has 5 nitrogen and oxygen atoms in total. The summed E-state index contributed by atoms with van der Waals surface area (Å²) in [6.45, 7) is -1.75. The Hall–Kier alpha value is -1.79. The topological polar surface area (TPSA) is 79.2 Å². The zero-order chi connectivity index (χ0) is 14.6. The average Bonchev–Trinajstić information content (AvgIpc) is 2.30. The van der Waals surface area contributed by atoms with Crippen LogP contribution in [0.1, 0.15) is 12.5 Å². The van der Waals surface area contributed by atoms with Gasteiger partial charge in [0.25, 0.3) is 0 Å². The van der Waals surface area contributed by atoms with Crippen LogP contribution >= 0.6 is 0 Å². The Balaban J connectivity index is 3.39. The SMILES string of the molecule is CCNS(=O)(=O)c1ccc(OC(F)F)c(F)c1C#N. The van der Waals surface area contributed by atoms with E-state index >= 15 is 0 Å². The summed E-state index contributed by atoms with van der Waals surface area (Å²) in [5.74, 6) is -2.33. The number of nitrogens with zero attached hydrogens (tertiary/aromatic N) is 1. The molecule has 0 saturated carbocycles. The third kappa shape index (κ3) is 3.36. The van der Waals surface area contributed by atoms with Gasteiger partial charge in [-0.15, -0.1) is 0 Å². The van der Waals surface area contributed by atoms with Gasteiger partial charge in [-0.3, -0.25) is 0 Å². The first kappa shape index (κ1) is 15.3. The highest BCUT2D eigenvalue weighted by atomic mass is 32.2. The average molecular weight is 294 g/mol. The van der Waals surface area contributed by atoms with E-state index in [9.17, 15) is 21.6 Å². The zero-order valence-corrected chi connectivity index (χ0v) is 10.5. The summed E-state index contributed by atoms with van der Waals surface area (Å²) in [7, 11) is -4.08. The molecule has 0 aliphatic rings. The van der Waals surface area contributed by atoms with E-state index in [0.29, 0.717) is 0 Å². The van der Waals surface area contributed by atoms with E-state index in [4.69, 9.17) is 5.26 Å². The number of ether oxygens (including phenoxy) is 1. The van der Waals surface area contributed by atoms with E-state index < -0.39 is 38.7 Å². The maximum atomic E-state index is 13.7. The molecule has 0 bridgehead atoms. The number of rotatable bonds is 5. The Bertz CT molecular complexity index is 611. The van der Waals surface area contributed by atoms with Gasteiger partial charge >= 0.3 is 6.61 Å². The molecule has 1 aromatic carbocycles. The minimum Gasteiger partial charge on any atom is -0.432 e. The second-order valence-corrected chi connectivity index (χ2v) is 4.98. The number of sulfonamides is 1. The van der Waals surface area contributed by atoms with Crippen LogP contribution in [0, 0.1) is 17.1 Å². The second kappa shape index (κ2) is 5.90. The van der Waals surface area contributed by atoms with E-state index in [1.54, 1.807) is 0 Å². The predicted molar refractivity (Wildman–Crippen MR) is 58.6 cm³/mol. The van der Waals surface area contributed by atoms with Crippen molar-refractivity contribution in [3.05, 3.63) is 23.5 Å². The lowest BCUT2D eigenvalue weighted by Gasteiger charge is -2.10. The normalized spacial score (nSPS) is 11.4. The van der Waals surface area contributed by atoms with Gasteiger partial charge in [-0.25, -0.2) is 17.5 Å². The van der Waals surface area contributed by atoms with E-state index in [0.717, 1.165) is 12.1 Å². The number of benzene rings is 1. The van der Waals surface area contributed by atoms with Crippen molar-refractivity contribution in [3.8, 4) is 11.8 Å². The molecule has 0 atom stereocenters. The third-order valence-electron chi connectivity index (χ3n) is 2.02. The molecule has 0 spiro atoms. The van der Waals surface area contributed by atoms with Crippen molar-refractivity contribution in [1.29, 1.82) is 5.26 Å². The van der Waals surface area contributed by atoms with Crippen molar-refractivity contribution in [2.75, 3.05) is 6.54 Å². The van der Waals surface area contributed by atoms with Crippen LogP contribution in [0.3, 0.4) is 0 Å². The molecule has 0 aliphatic carbocycles. The van der Waals surface area contributed by atoms with Crippen LogP contribution in [0.15, 0.2) is 17.0 Å². The molecule has 9 heteroatoms. The lowest BCUT2D eigenvalue weighted by atomic mass is 10.2. The van der Waals surface area contributed by atoms with Gasteiger partial charge in [-0.05, 0) is 12.1 Å². The van der Waals surface area contributed by atoms with Gasteiger partial charge in [0.2, 0.25) is 10.0 Å². The maximum Gasteiger partial charge on any atom is 0.387 e. The van der Waals surface area contributed by atoms with Crippen molar-refractivity contribution >= 4 is 10.0 Å². The predicted octanol–water partition coefficient (Wildman–Crippen LogP) is 1.60. The molecule has 1 aromatic rings. The molecule has 19 heavy (non-hydrogen) atoms. The molecule has 0 aromatic heterocycles. The maximum absolute atomic E-state index is 13.7. The molecule has 0 amide bonds. The van der Waals surface area contributed by atoms with E-state index in [1.165, 1.54) is 13.0 Å². The van der Waals surface area contributed by atoms with Crippen LogP contribution in [0.5, 0.6) is 5.75 Å². The summed E-state index contributed by atoms with van der Waals surface area (Å²) in [6.07, 6.45) is 0. The van der Waals surface area contributed by atoms with Crippen LogP contribution in [0.25, 0.3) is 0 Å². The number of halogens is 3. The Morgan fingerprint density at radius 1 is 1.47 bits per heavy atom. The largest absolute Gasteiger partial charge is 0.432 e. The van der Waals surface area contributed by atoms with Gasteiger partial charge in [-0.1, -0.05) is 6.92 Å². The molecule has 0 saturated heterocycles. The summed E-state index contributed by atoms with van der Waals surface area (Å²) in [5.41, 5.74) is -0.876. The zero-order valence-electron chi connectivity index (χ0n) is 9.65. The van der Waals surface area contributed by atoms with Crippen molar-refractivity contribution in [3.63, 3.8) is 0 Å². The number of hydrogen-bond acceptors (Lipinski definition) is 4. The van der Waals surface area contributed by atoms with E-state index in [1.807, 2.05) is 0 Å². The molecule has 0 unspecified atom stereocenters. The van der Waals surface area contributed by atoms with Gasteiger partial charge in [-0.2, -0.15) is 14.0 Å². The molecule has 0 aliphatic heterocycles. The fourth-order valence-corrected chi connectivity index (χ4v) is 2.51. The molecule has 1 rings (SSSR count). The Kier molecular flexibility index (Phi) is 4.74. The van der Waals surface area contributed by atoms with Gasteiger partial charge in [0.1, 0.15) is 16.5 Å². The quantitative estimate of drug-likeness (QED) is 0.894. The Morgan fingerprint density at radius 3 is 2.58 bits per heavy atom. The lowest BCUT2D eigenvalue weighted by Crippen LogP contribution is -2.24. The summed E-state index contributed by atoms with van der Waals surface area (Å²) in [4.78, 5) is -0.629. The Labute approximate surface area is 107 Å². The van der Waals surface area contributed by atoms with E-state index in [2.05, 4.69) is 9.46 Å². The summed E-state index contributed by atoms with van der Waals surface area (Å²) < 4.78 is 66.9. The first-order valence-corrected chi connectivity index (χ1v) is 6.48. The van der Waals surface area contributed by atoms with Crippen molar-refractivity contribution in [2.24, 2.45) is 0 Å². The fourth-order valence-electron chi connectivity index (χ4n) is 1.32. The highest BCUT2D eigenvalue weighted by Gasteiger charge is 2.24. The molecule has 0 fully saturated rings. The summed E-state index contributed by atoms with van der Waals surface area (Å²) in [5, 5.41) is 8.76. The monoisotopic (exact) mass is 294 g/mol. The smallest absolute Gasteiger partial charge is 0.387 e. The van der Waals surface area contributed by atoms with Gasteiger partial charge in [0.05, 0.1) is 0 Å². The number of alkyl halides is 2. The summed E-state index contributed by atoms with van der Waals surface area (Å²) in [6, 6.07) is 2.88. The van der Waals surface area contributed by atoms with Crippen LogP contribution in [0.2, 0.25) is 0 Å². The molecule has 0 radical (unpaired) electrons. The van der Waals surface area contributed by atoms with Gasteiger partial charge in [0, 0.05) is 6.54 Å². The minimum absolute atomic E-state index is 0.0319. The number of nitrogens with one attached hydrogen (secondary N) is 1.